The van der Waals surface area contributed by atoms with Crippen molar-refractivity contribution in [2.24, 2.45) is 0 Å². The molecular weight excluding hydrogens is 250 g/mol. The molecule has 0 amide bonds. The van der Waals surface area contributed by atoms with Crippen molar-refractivity contribution in [3.05, 3.63) is 65.5 Å². The number of hydrogen-bond donors (Lipinski definition) is 2. The minimum atomic E-state index is 0.750. The predicted octanol–water partition coefficient (Wildman–Crippen LogP) is 3.27. The maximum absolute atomic E-state index is 5.63. The highest BCUT2D eigenvalue weighted by Crippen LogP contribution is 2.23. The van der Waals surface area contributed by atoms with Crippen molar-refractivity contribution >= 4 is 0 Å². The maximum atomic E-state index is 5.63. The molecule has 4 heteroatoms. The highest BCUT2D eigenvalue weighted by molar-refractivity contribution is 5.56. The highest BCUT2D eigenvalue weighted by atomic mass is 16.3. The minimum absolute atomic E-state index is 0.750. The van der Waals surface area contributed by atoms with E-state index in [1.54, 1.807) is 0 Å². The van der Waals surface area contributed by atoms with Crippen molar-refractivity contribution in [1.82, 2.24) is 15.5 Å². The van der Waals surface area contributed by atoms with Crippen molar-refractivity contribution in [2.45, 2.75) is 20.0 Å². The zero-order chi connectivity index (χ0) is 13.8. The van der Waals surface area contributed by atoms with Crippen LogP contribution in [0.2, 0.25) is 0 Å². The number of furan rings is 1. The lowest BCUT2D eigenvalue weighted by Gasteiger charge is -2.04. The molecule has 0 spiro atoms. The van der Waals surface area contributed by atoms with Crippen LogP contribution in [0.1, 0.15) is 16.9 Å². The van der Waals surface area contributed by atoms with Crippen molar-refractivity contribution in [3.8, 4) is 11.5 Å². The van der Waals surface area contributed by atoms with Crippen LogP contribution in [0.15, 0.2) is 53.1 Å². The molecule has 3 rings (SSSR count). The molecule has 20 heavy (non-hydrogen) atoms. The zero-order valence-electron chi connectivity index (χ0n) is 11.4. The van der Waals surface area contributed by atoms with Crippen LogP contribution in [-0.2, 0) is 13.1 Å². The molecule has 0 aliphatic heterocycles. The second-order valence-corrected chi connectivity index (χ2v) is 4.77. The average molecular weight is 267 g/mol. The van der Waals surface area contributed by atoms with E-state index in [4.69, 9.17) is 4.42 Å². The van der Waals surface area contributed by atoms with E-state index < -0.39 is 0 Å². The largest absolute Gasteiger partial charge is 0.460 e. The van der Waals surface area contributed by atoms with Gasteiger partial charge in [-0.2, -0.15) is 5.10 Å². The number of hydrogen-bond acceptors (Lipinski definition) is 3. The van der Waals surface area contributed by atoms with Gasteiger partial charge in [-0.25, -0.2) is 0 Å². The molecule has 102 valence electrons. The monoisotopic (exact) mass is 267 g/mol. The van der Waals surface area contributed by atoms with Gasteiger partial charge in [0.25, 0.3) is 0 Å². The Morgan fingerprint density at radius 3 is 2.70 bits per heavy atom. The van der Waals surface area contributed by atoms with E-state index >= 15 is 0 Å². The average Bonchev–Trinajstić information content (AvgIpc) is 3.09. The van der Waals surface area contributed by atoms with Crippen molar-refractivity contribution in [1.29, 1.82) is 0 Å². The molecule has 0 aliphatic carbocycles. The van der Waals surface area contributed by atoms with Gasteiger partial charge in [-0.15, -0.1) is 0 Å². The number of H-pyrrole nitrogens is 1. The van der Waals surface area contributed by atoms with Crippen LogP contribution in [0.4, 0.5) is 0 Å². The van der Waals surface area contributed by atoms with Crippen molar-refractivity contribution < 1.29 is 4.42 Å². The maximum Gasteiger partial charge on any atom is 0.152 e. The van der Waals surface area contributed by atoms with E-state index in [0.29, 0.717) is 0 Å². The fourth-order valence-electron chi connectivity index (χ4n) is 2.16. The summed E-state index contributed by atoms with van der Waals surface area (Å²) in [6, 6.07) is 14.3. The molecular formula is C16H17N3O. The number of aromatic amines is 1. The first-order valence-electron chi connectivity index (χ1n) is 6.66. The molecule has 2 heterocycles. The lowest BCUT2D eigenvalue weighted by Crippen LogP contribution is -2.12. The first kappa shape index (κ1) is 12.7. The van der Waals surface area contributed by atoms with Gasteiger partial charge in [0.1, 0.15) is 11.5 Å². The normalized spacial score (nSPS) is 10.8. The molecule has 0 radical (unpaired) electrons. The molecule has 0 saturated heterocycles. The summed E-state index contributed by atoms with van der Waals surface area (Å²) in [5, 5.41) is 10.5. The van der Waals surface area contributed by atoms with Crippen molar-refractivity contribution in [2.75, 3.05) is 0 Å². The van der Waals surface area contributed by atoms with Gasteiger partial charge in [-0.05, 0) is 24.6 Å². The SMILES string of the molecule is Cc1ccc(-c2[nH]ncc2CNCc2ccccc2)o1. The molecule has 0 bridgehead atoms. The predicted molar refractivity (Wildman–Crippen MR) is 78.0 cm³/mol. The van der Waals surface area contributed by atoms with Crippen LogP contribution in [-0.4, -0.2) is 10.2 Å². The van der Waals surface area contributed by atoms with E-state index in [1.165, 1.54) is 5.56 Å². The molecule has 0 saturated carbocycles. The van der Waals surface area contributed by atoms with Crippen molar-refractivity contribution in [3.63, 3.8) is 0 Å². The summed E-state index contributed by atoms with van der Waals surface area (Å²) in [5.74, 6) is 1.73. The fraction of sp³-hybridized carbons (Fsp3) is 0.188. The molecule has 0 atom stereocenters. The van der Waals surface area contributed by atoms with E-state index in [0.717, 1.165) is 35.9 Å². The van der Waals surface area contributed by atoms with Gasteiger partial charge in [0.15, 0.2) is 5.76 Å². The van der Waals surface area contributed by atoms with Crippen LogP contribution in [0.3, 0.4) is 0 Å². The van der Waals surface area contributed by atoms with E-state index in [-0.39, 0.29) is 0 Å². The quantitative estimate of drug-likeness (QED) is 0.746. The van der Waals surface area contributed by atoms with Crippen LogP contribution in [0.25, 0.3) is 11.5 Å². The van der Waals surface area contributed by atoms with Crippen LogP contribution in [0.5, 0.6) is 0 Å². The Morgan fingerprint density at radius 2 is 1.95 bits per heavy atom. The number of benzene rings is 1. The van der Waals surface area contributed by atoms with Gasteiger partial charge in [-0.1, -0.05) is 30.3 Å². The molecule has 0 unspecified atom stereocenters. The topological polar surface area (TPSA) is 53.9 Å². The number of nitrogens with one attached hydrogen (secondary N) is 2. The van der Waals surface area contributed by atoms with Gasteiger partial charge in [0.2, 0.25) is 0 Å². The summed E-state index contributed by atoms with van der Waals surface area (Å²) in [7, 11) is 0. The number of aryl methyl sites for hydroxylation is 1. The lowest BCUT2D eigenvalue weighted by atomic mass is 10.2. The Morgan fingerprint density at radius 1 is 1.10 bits per heavy atom. The van der Waals surface area contributed by atoms with Gasteiger partial charge in [0, 0.05) is 18.7 Å². The van der Waals surface area contributed by atoms with Gasteiger partial charge in [0.05, 0.1) is 6.20 Å². The standard InChI is InChI=1S/C16H17N3O/c1-12-7-8-15(20-12)16-14(11-18-19-16)10-17-9-13-5-3-2-4-6-13/h2-8,11,17H,9-10H2,1H3,(H,18,19). The third kappa shape index (κ3) is 2.81. The molecule has 0 aliphatic rings. The van der Waals surface area contributed by atoms with E-state index in [2.05, 4.69) is 27.6 Å². The molecule has 2 N–H and O–H groups in total. The molecule has 0 fully saturated rings. The fourth-order valence-corrected chi connectivity index (χ4v) is 2.16. The van der Waals surface area contributed by atoms with E-state index in [1.807, 2.05) is 43.5 Å². The third-order valence-corrected chi connectivity index (χ3v) is 3.19. The highest BCUT2D eigenvalue weighted by Gasteiger charge is 2.10. The van der Waals surface area contributed by atoms with E-state index in [9.17, 15) is 0 Å². The number of nitrogens with zero attached hydrogens (tertiary/aromatic N) is 1. The summed E-state index contributed by atoms with van der Waals surface area (Å²) in [5.41, 5.74) is 3.32. The first-order chi connectivity index (χ1) is 9.83. The Kier molecular flexibility index (Phi) is 3.65. The lowest BCUT2D eigenvalue weighted by molar-refractivity contribution is 0.545. The Labute approximate surface area is 117 Å². The Hall–Kier alpha value is -2.33. The minimum Gasteiger partial charge on any atom is -0.460 e. The van der Waals surface area contributed by atoms with Gasteiger partial charge < -0.3 is 9.73 Å². The smallest absolute Gasteiger partial charge is 0.152 e. The molecule has 4 nitrogen and oxygen atoms in total. The van der Waals surface area contributed by atoms with Crippen LogP contribution >= 0.6 is 0 Å². The van der Waals surface area contributed by atoms with Crippen LogP contribution in [0, 0.1) is 6.92 Å². The summed E-state index contributed by atoms with van der Waals surface area (Å²) < 4.78 is 5.63. The second kappa shape index (κ2) is 5.75. The first-order valence-corrected chi connectivity index (χ1v) is 6.66. The summed E-state index contributed by atoms with van der Waals surface area (Å²) in [4.78, 5) is 0. The third-order valence-electron chi connectivity index (χ3n) is 3.19. The summed E-state index contributed by atoms with van der Waals surface area (Å²) >= 11 is 0. The second-order valence-electron chi connectivity index (χ2n) is 4.77. The van der Waals surface area contributed by atoms with Crippen LogP contribution < -0.4 is 5.32 Å². The molecule has 3 aromatic rings. The van der Waals surface area contributed by atoms with Gasteiger partial charge >= 0.3 is 0 Å². The molecule has 1 aromatic carbocycles. The number of aromatic nitrogens is 2. The zero-order valence-corrected chi connectivity index (χ0v) is 11.4. The Bertz CT molecular complexity index is 670. The number of rotatable bonds is 5. The Balaban J connectivity index is 1.65. The molecule has 2 aromatic heterocycles. The van der Waals surface area contributed by atoms with Gasteiger partial charge in [-0.3, -0.25) is 5.10 Å². The summed E-state index contributed by atoms with van der Waals surface area (Å²) in [6.45, 7) is 3.52. The summed E-state index contributed by atoms with van der Waals surface area (Å²) in [6.07, 6.45) is 1.84.